The topological polar surface area (TPSA) is 93.4 Å². The van der Waals surface area contributed by atoms with Gasteiger partial charge in [0.15, 0.2) is 11.8 Å². The molecule has 2 N–H and O–H groups in total. The van der Waals surface area contributed by atoms with Gasteiger partial charge in [0.1, 0.15) is 12.4 Å². The first-order valence-electron chi connectivity index (χ1n) is 9.11. The number of nitrogens with zero attached hydrogens (tertiary/aromatic N) is 4. The van der Waals surface area contributed by atoms with Crippen LogP contribution in [0.4, 0.5) is 0 Å². The van der Waals surface area contributed by atoms with Crippen LogP contribution in [0.5, 0.6) is 0 Å². The number of carbonyl (C=O) groups excluding carboxylic acids is 1. The number of aliphatic imine (C=N–C) groups is 1. The highest BCUT2D eigenvalue weighted by Crippen LogP contribution is 2.25. The Morgan fingerprint density at radius 2 is 2.00 bits per heavy atom. The molecule has 8 nitrogen and oxygen atoms in total. The molecule has 0 atom stereocenters. The van der Waals surface area contributed by atoms with Crippen molar-refractivity contribution < 1.29 is 9.53 Å². The molecule has 0 radical (unpaired) electrons. The Hall–Kier alpha value is -2.12. The predicted octanol–water partition coefficient (Wildman–Crippen LogP) is 1.30. The van der Waals surface area contributed by atoms with E-state index < -0.39 is 0 Å². The van der Waals surface area contributed by atoms with Gasteiger partial charge in [0.25, 0.3) is 0 Å². The lowest BCUT2D eigenvalue weighted by atomic mass is 9.86. The summed E-state index contributed by atoms with van der Waals surface area (Å²) in [6.45, 7) is 7.54. The fourth-order valence-electron chi connectivity index (χ4n) is 2.99. The van der Waals surface area contributed by atoms with Gasteiger partial charge in [-0.3, -0.25) is 4.79 Å². The van der Waals surface area contributed by atoms with Crippen molar-refractivity contribution in [3.05, 3.63) is 11.6 Å². The molecule has 1 aliphatic rings. The van der Waals surface area contributed by atoms with Gasteiger partial charge in [0.2, 0.25) is 0 Å². The highest BCUT2D eigenvalue weighted by molar-refractivity contribution is 5.80. The molecule has 140 valence electrons. The Morgan fingerprint density at radius 3 is 2.56 bits per heavy atom. The Morgan fingerprint density at radius 1 is 1.28 bits per heavy atom. The van der Waals surface area contributed by atoms with Gasteiger partial charge >= 0.3 is 5.97 Å². The molecule has 0 bridgehead atoms. The van der Waals surface area contributed by atoms with Crippen molar-refractivity contribution in [1.29, 1.82) is 0 Å². The van der Waals surface area contributed by atoms with Gasteiger partial charge in [-0.15, -0.1) is 10.2 Å². The SMILES string of the molecule is CCNC(=NCc1nnc(C)n1C)NC1CCC(C(=O)OCC)CC1. The number of aryl methyl sites for hydroxylation is 1. The van der Waals surface area contributed by atoms with Gasteiger partial charge in [-0.25, -0.2) is 4.99 Å². The van der Waals surface area contributed by atoms with Crippen molar-refractivity contribution in [3.63, 3.8) is 0 Å². The Kier molecular flexibility index (Phi) is 7.21. The van der Waals surface area contributed by atoms with Crippen LogP contribution >= 0.6 is 0 Å². The van der Waals surface area contributed by atoms with Gasteiger partial charge < -0.3 is 19.9 Å². The van der Waals surface area contributed by atoms with E-state index in [0.717, 1.165) is 49.8 Å². The average molecular weight is 350 g/mol. The molecule has 1 aliphatic carbocycles. The number of rotatable bonds is 6. The van der Waals surface area contributed by atoms with Crippen LogP contribution in [0, 0.1) is 12.8 Å². The third-order valence-electron chi connectivity index (χ3n) is 4.59. The van der Waals surface area contributed by atoms with Gasteiger partial charge in [-0.2, -0.15) is 0 Å². The third kappa shape index (κ3) is 5.44. The molecule has 1 saturated carbocycles. The summed E-state index contributed by atoms with van der Waals surface area (Å²) in [4.78, 5) is 16.4. The first-order chi connectivity index (χ1) is 12.0. The maximum absolute atomic E-state index is 11.8. The molecule has 0 aromatic carbocycles. The number of hydrogen-bond acceptors (Lipinski definition) is 5. The van der Waals surface area contributed by atoms with Crippen LogP contribution in [0.2, 0.25) is 0 Å². The average Bonchev–Trinajstić information content (AvgIpc) is 2.92. The van der Waals surface area contributed by atoms with E-state index in [-0.39, 0.29) is 11.9 Å². The number of carbonyl (C=O) groups is 1. The number of guanidine groups is 1. The fourth-order valence-corrected chi connectivity index (χ4v) is 2.99. The largest absolute Gasteiger partial charge is 0.466 e. The van der Waals surface area contributed by atoms with Crippen LogP contribution in [-0.4, -0.2) is 45.9 Å². The van der Waals surface area contributed by atoms with Crippen molar-refractivity contribution in [2.75, 3.05) is 13.2 Å². The first kappa shape index (κ1) is 19.2. The van der Waals surface area contributed by atoms with Crippen molar-refractivity contribution in [1.82, 2.24) is 25.4 Å². The van der Waals surface area contributed by atoms with E-state index in [0.29, 0.717) is 19.2 Å². The summed E-state index contributed by atoms with van der Waals surface area (Å²) in [5.74, 6) is 2.47. The lowest BCUT2D eigenvalue weighted by Gasteiger charge is -2.29. The molecule has 1 aromatic rings. The zero-order valence-corrected chi connectivity index (χ0v) is 15.7. The normalized spacial score (nSPS) is 21.0. The van der Waals surface area contributed by atoms with Crippen molar-refractivity contribution in [2.24, 2.45) is 18.0 Å². The third-order valence-corrected chi connectivity index (χ3v) is 4.59. The molecule has 0 spiro atoms. The summed E-state index contributed by atoms with van der Waals surface area (Å²) in [6, 6.07) is 0.324. The summed E-state index contributed by atoms with van der Waals surface area (Å²) in [6.07, 6.45) is 3.60. The number of esters is 1. The van der Waals surface area contributed by atoms with Crippen LogP contribution in [0.3, 0.4) is 0 Å². The molecule has 2 rings (SSSR count). The smallest absolute Gasteiger partial charge is 0.308 e. The number of nitrogens with one attached hydrogen (secondary N) is 2. The summed E-state index contributed by atoms with van der Waals surface area (Å²) < 4.78 is 7.07. The van der Waals surface area contributed by atoms with E-state index in [9.17, 15) is 4.79 Å². The Bertz CT molecular complexity index is 590. The molecular formula is C17H30N6O2. The van der Waals surface area contributed by atoms with Crippen LogP contribution in [-0.2, 0) is 23.1 Å². The maximum atomic E-state index is 11.8. The van der Waals surface area contributed by atoms with E-state index in [1.54, 1.807) is 0 Å². The lowest BCUT2D eigenvalue weighted by Crippen LogP contribution is -2.45. The fraction of sp³-hybridized carbons (Fsp3) is 0.765. The zero-order valence-electron chi connectivity index (χ0n) is 15.7. The maximum Gasteiger partial charge on any atom is 0.308 e. The van der Waals surface area contributed by atoms with Crippen LogP contribution in [0.1, 0.15) is 51.2 Å². The zero-order chi connectivity index (χ0) is 18.2. The monoisotopic (exact) mass is 350 g/mol. The van der Waals surface area contributed by atoms with Gasteiger partial charge in [0.05, 0.1) is 12.5 Å². The second kappa shape index (κ2) is 9.39. The molecule has 1 fully saturated rings. The molecule has 0 aliphatic heterocycles. The summed E-state index contributed by atoms with van der Waals surface area (Å²) >= 11 is 0. The number of aromatic nitrogens is 3. The summed E-state index contributed by atoms with van der Waals surface area (Å²) in [5.41, 5.74) is 0. The standard InChI is InChI=1S/C17H30N6O2/c1-5-18-17(19-11-15-22-21-12(3)23(15)4)20-14-9-7-13(8-10-14)16(24)25-6-2/h13-14H,5-11H2,1-4H3,(H2,18,19,20). The summed E-state index contributed by atoms with van der Waals surface area (Å²) in [5, 5.41) is 14.9. The molecular weight excluding hydrogens is 320 g/mol. The second-order valence-corrected chi connectivity index (χ2v) is 6.36. The van der Waals surface area contributed by atoms with E-state index >= 15 is 0 Å². The Balaban J connectivity index is 1.88. The highest BCUT2D eigenvalue weighted by Gasteiger charge is 2.27. The first-order valence-corrected chi connectivity index (χ1v) is 9.11. The quantitative estimate of drug-likeness (QED) is 0.456. The minimum absolute atomic E-state index is 0.0409. The molecule has 25 heavy (non-hydrogen) atoms. The molecule has 1 heterocycles. The van der Waals surface area contributed by atoms with Gasteiger partial charge in [-0.1, -0.05) is 0 Å². The molecule has 1 aromatic heterocycles. The van der Waals surface area contributed by atoms with E-state index in [2.05, 4.69) is 25.8 Å². The number of hydrogen-bond donors (Lipinski definition) is 2. The van der Waals surface area contributed by atoms with Crippen molar-refractivity contribution in [2.45, 2.75) is 59.0 Å². The van der Waals surface area contributed by atoms with Crippen LogP contribution < -0.4 is 10.6 Å². The summed E-state index contributed by atoms with van der Waals surface area (Å²) in [7, 11) is 1.94. The van der Waals surface area contributed by atoms with Gasteiger partial charge in [0, 0.05) is 19.6 Å². The lowest BCUT2D eigenvalue weighted by molar-refractivity contribution is -0.149. The Labute approximate surface area is 149 Å². The molecule has 0 amide bonds. The van der Waals surface area contributed by atoms with Crippen molar-refractivity contribution in [3.8, 4) is 0 Å². The minimum Gasteiger partial charge on any atom is -0.466 e. The van der Waals surface area contributed by atoms with E-state index in [1.165, 1.54) is 0 Å². The highest BCUT2D eigenvalue weighted by atomic mass is 16.5. The van der Waals surface area contributed by atoms with Crippen LogP contribution in [0.25, 0.3) is 0 Å². The predicted molar refractivity (Wildman–Crippen MR) is 96.1 cm³/mol. The van der Waals surface area contributed by atoms with Crippen molar-refractivity contribution >= 4 is 11.9 Å². The molecule has 0 saturated heterocycles. The van der Waals surface area contributed by atoms with Crippen LogP contribution in [0.15, 0.2) is 4.99 Å². The van der Waals surface area contributed by atoms with Gasteiger partial charge in [-0.05, 0) is 46.5 Å². The van der Waals surface area contributed by atoms with E-state index in [1.807, 2.05) is 32.4 Å². The molecule has 8 heteroatoms. The number of ether oxygens (including phenoxy) is 1. The second-order valence-electron chi connectivity index (χ2n) is 6.36. The van der Waals surface area contributed by atoms with E-state index in [4.69, 9.17) is 4.74 Å². The molecule has 0 unspecified atom stereocenters. The minimum atomic E-state index is -0.0563.